The molecule has 306 valence electrons. The summed E-state index contributed by atoms with van der Waals surface area (Å²) in [6.07, 6.45) is 0. The molecule has 0 aliphatic rings. The molecule has 0 aliphatic carbocycles. The molecule has 0 saturated heterocycles. The number of hydrogen-bond donors (Lipinski definition) is 0. The minimum Gasteiger partial charge on any atom is -0.309 e. The van der Waals surface area contributed by atoms with Gasteiger partial charge in [0.15, 0.2) is 8.07 Å². The van der Waals surface area contributed by atoms with Crippen LogP contribution in [0.15, 0.2) is 242 Å². The van der Waals surface area contributed by atoms with Gasteiger partial charge in [0.1, 0.15) is 0 Å². The van der Waals surface area contributed by atoms with Crippen LogP contribution in [0.25, 0.3) is 82.5 Å². The van der Waals surface area contributed by atoms with Crippen LogP contribution in [-0.2, 0) is 0 Å². The van der Waals surface area contributed by atoms with Gasteiger partial charge >= 0.3 is 0 Å². The quantitative estimate of drug-likeness (QED) is 0.112. The molecule has 0 atom stereocenters. The van der Waals surface area contributed by atoms with Gasteiger partial charge in [-0.15, -0.1) is 0 Å². The molecular weight excluding hydrogens is 803 g/mol. The van der Waals surface area contributed by atoms with Crippen molar-refractivity contribution in [3.63, 3.8) is 0 Å². The second-order valence-electron chi connectivity index (χ2n) is 16.2. The Balaban J connectivity index is 1.08. The lowest BCUT2D eigenvalue weighted by atomic mass is 10.1. The van der Waals surface area contributed by atoms with Crippen molar-refractivity contribution in [1.82, 2.24) is 13.7 Å². The maximum Gasteiger partial charge on any atom is 0.179 e. The minimum absolute atomic E-state index is 0.00724. The number of fused-ring (bicyclic) bond motifs is 9. The second-order valence-corrected chi connectivity index (χ2v) is 20.0. The predicted molar refractivity (Wildman–Crippen MR) is 278 cm³/mol. The van der Waals surface area contributed by atoms with Gasteiger partial charge in [0.05, 0.1) is 53.7 Å². The normalized spacial score (nSPS) is 15.3. The van der Waals surface area contributed by atoms with Crippen molar-refractivity contribution in [2.75, 3.05) is 0 Å². The van der Waals surface area contributed by atoms with E-state index in [9.17, 15) is 6.85 Å². The molecular formula is C61H43N3Si. The van der Waals surface area contributed by atoms with E-state index in [-0.39, 0.29) is 91.5 Å². The highest BCUT2D eigenvalue weighted by molar-refractivity contribution is 7.20. The van der Waals surface area contributed by atoms with Crippen LogP contribution in [0.3, 0.4) is 0 Å². The summed E-state index contributed by atoms with van der Waals surface area (Å²) >= 11 is 0. The highest BCUT2D eigenvalue weighted by Gasteiger charge is 2.42. The molecule has 3 nitrogen and oxygen atoms in total. The van der Waals surface area contributed by atoms with Crippen LogP contribution in [0.4, 0.5) is 0 Å². The Morgan fingerprint density at radius 2 is 0.769 bits per heavy atom. The standard InChI is InChI=1S/C61H43N3Si/c1-42-34-36-60-54(38-42)52-28-10-14-32-58(52)64(60)45-35-37-61-55(41-45)53-29-11-15-33-59(53)63(61)44-19-17-25-49(40-44)65(46-20-4-2-5-21-46,47-22-6-3-7-23-47)48-24-16-18-43(39-48)62-56-30-12-8-26-50(56)51-27-9-13-31-57(51)62/h2-41H,1H3/i8D,9D,10D,12D,13D,14D,26D,27D,28D,30D,31D,32D,34D,36D,38D. The number of aromatic nitrogens is 3. The van der Waals surface area contributed by atoms with E-state index in [1.165, 1.54) is 0 Å². The van der Waals surface area contributed by atoms with E-state index in [0.717, 1.165) is 48.2 Å². The summed E-state index contributed by atoms with van der Waals surface area (Å²) in [7, 11) is -3.52. The highest BCUT2D eigenvalue weighted by Crippen LogP contribution is 2.38. The highest BCUT2D eigenvalue weighted by atomic mass is 28.3. The van der Waals surface area contributed by atoms with Crippen molar-refractivity contribution in [3.05, 3.63) is 248 Å². The van der Waals surface area contributed by atoms with Crippen molar-refractivity contribution >= 4 is 94.2 Å². The third-order valence-electron chi connectivity index (χ3n) is 12.7. The molecule has 4 heteroatoms. The Hall–Kier alpha value is -8.18. The van der Waals surface area contributed by atoms with Crippen LogP contribution in [-0.4, -0.2) is 21.8 Å². The van der Waals surface area contributed by atoms with Gasteiger partial charge in [-0.25, -0.2) is 0 Å². The minimum atomic E-state index is -3.52. The first-order valence-electron chi connectivity index (χ1n) is 28.8. The second kappa shape index (κ2) is 14.7. The molecule has 0 spiro atoms. The van der Waals surface area contributed by atoms with Crippen LogP contribution in [0.5, 0.6) is 0 Å². The van der Waals surface area contributed by atoms with Gasteiger partial charge in [0, 0.05) is 49.4 Å². The van der Waals surface area contributed by atoms with E-state index >= 15 is 0 Å². The van der Waals surface area contributed by atoms with Gasteiger partial charge in [-0.05, 0) is 106 Å². The Morgan fingerprint density at radius 1 is 0.323 bits per heavy atom. The Bertz CT molecular complexity index is 4660. The van der Waals surface area contributed by atoms with Crippen LogP contribution >= 0.6 is 0 Å². The summed E-state index contributed by atoms with van der Waals surface area (Å²) in [4.78, 5) is 0. The molecule has 0 aliphatic heterocycles. The van der Waals surface area contributed by atoms with E-state index in [0.29, 0.717) is 11.4 Å². The van der Waals surface area contributed by atoms with Crippen molar-refractivity contribution in [3.8, 4) is 17.1 Å². The molecule has 13 aromatic rings. The molecule has 3 aromatic heterocycles. The molecule has 10 aromatic carbocycles. The topological polar surface area (TPSA) is 14.8 Å². The lowest BCUT2D eigenvalue weighted by Gasteiger charge is -2.35. The third-order valence-corrected chi connectivity index (χ3v) is 17.5. The smallest absolute Gasteiger partial charge is 0.179 e. The fourth-order valence-electron chi connectivity index (χ4n) is 10.1. The number of benzene rings is 10. The molecule has 65 heavy (non-hydrogen) atoms. The van der Waals surface area contributed by atoms with Crippen molar-refractivity contribution < 1.29 is 20.6 Å². The zero-order chi connectivity index (χ0) is 56.1. The van der Waals surface area contributed by atoms with Crippen LogP contribution < -0.4 is 20.7 Å². The van der Waals surface area contributed by atoms with Gasteiger partial charge in [-0.3, -0.25) is 0 Å². The molecule has 0 N–H and O–H groups in total. The maximum atomic E-state index is 9.29. The molecule has 0 saturated carbocycles. The van der Waals surface area contributed by atoms with Crippen molar-refractivity contribution in [1.29, 1.82) is 0 Å². The maximum absolute atomic E-state index is 9.29. The summed E-state index contributed by atoms with van der Waals surface area (Å²) in [5.74, 6) is 0. The average Bonchev–Trinajstić information content (AvgIpc) is 4.35. The Kier molecular flexibility index (Phi) is 5.70. The first-order valence-corrected chi connectivity index (χ1v) is 23.3. The summed E-state index contributed by atoms with van der Waals surface area (Å²) in [6, 6.07) is 44.4. The van der Waals surface area contributed by atoms with Gasteiger partial charge < -0.3 is 13.7 Å². The summed E-state index contributed by atoms with van der Waals surface area (Å²) in [5, 5.41) is 5.79. The van der Waals surface area contributed by atoms with Crippen molar-refractivity contribution in [2.45, 2.75) is 6.92 Å². The van der Waals surface area contributed by atoms with Crippen molar-refractivity contribution in [2.24, 2.45) is 0 Å². The monoisotopic (exact) mass is 860 g/mol. The summed E-state index contributed by atoms with van der Waals surface area (Å²) in [5.41, 5.74) is 3.90. The van der Waals surface area contributed by atoms with Gasteiger partial charge in [-0.2, -0.15) is 0 Å². The molecule has 13 rings (SSSR count). The molecule has 0 radical (unpaired) electrons. The molecule has 0 amide bonds. The number of nitrogens with zero attached hydrogens (tertiary/aromatic N) is 3. The SMILES string of the molecule is [2H]c1c([2H])c([2H])c2c(c1[2H])c1c([2H])c([2H])c([2H])c([2H])c1n2-c1cccc([Si](c2ccccc2)(c2ccccc2)c2cccc(-n3c4ccccc4c4cc(-n5c6c([2H])c([2H])c([2H])c([2H])c6c6c([2H])c(C)c([2H])c([2H])c65)ccc43)c2)c1. The average molecular weight is 861 g/mol. The molecule has 3 heterocycles. The number of para-hydroxylation sites is 4. The van der Waals surface area contributed by atoms with Gasteiger partial charge in [0.25, 0.3) is 0 Å². The summed E-state index contributed by atoms with van der Waals surface area (Å²) in [6.45, 7) is 1.57. The third kappa shape index (κ3) is 5.61. The van der Waals surface area contributed by atoms with Gasteiger partial charge in [-0.1, -0.05) is 169 Å². The lowest BCUT2D eigenvalue weighted by molar-refractivity contribution is 1.17. The summed E-state index contributed by atoms with van der Waals surface area (Å²) < 4.78 is 140. The van der Waals surface area contributed by atoms with E-state index < -0.39 is 56.4 Å². The Morgan fingerprint density at radius 3 is 1.35 bits per heavy atom. The molecule has 0 fully saturated rings. The first kappa shape index (κ1) is 25.2. The fourth-order valence-corrected chi connectivity index (χ4v) is 14.9. The van der Waals surface area contributed by atoms with E-state index in [2.05, 4.69) is 47.0 Å². The predicted octanol–water partition coefficient (Wildman–Crippen LogP) is 12.7. The lowest BCUT2D eigenvalue weighted by Crippen LogP contribution is -2.74. The first-order chi connectivity index (χ1) is 38.4. The Labute approximate surface area is 399 Å². The van der Waals surface area contributed by atoms with Crippen LogP contribution in [0.2, 0.25) is 0 Å². The largest absolute Gasteiger partial charge is 0.309 e. The zero-order valence-corrected chi connectivity index (χ0v) is 35.8. The van der Waals surface area contributed by atoms with E-state index in [1.807, 2.05) is 103 Å². The van der Waals surface area contributed by atoms with E-state index in [1.54, 1.807) is 22.1 Å². The number of hydrogen-bond acceptors (Lipinski definition) is 0. The zero-order valence-electron chi connectivity index (χ0n) is 49.8. The van der Waals surface area contributed by atoms with Crippen LogP contribution in [0.1, 0.15) is 26.1 Å². The van der Waals surface area contributed by atoms with Crippen LogP contribution in [0, 0.1) is 6.92 Å². The molecule has 0 bridgehead atoms. The molecule has 0 unspecified atom stereocenters. The fraction of sp³-hybridized carbons (Fsp3) is 0.0164. The van der Waals surface area contributed by atoms with E-state index in [4.69, 9.17) is 13.7 Å². The van der Waals surface area contributed by atoms with Gasteiger partial charge in [0.2, 0.25) is 0 Å². The number of rotatable bonds is 7.